The van der Waals surface area contributed by atoms with Gasteiger partial charge in [-0.25, -0.2) is 9.99 Å². The highest BCUT2D eigenvalue weighted by Crippen LogP contribution is 2.38. The standard InChI is InChI=1S/C21H12BrClN4O5/c22-16-9-12(8-15-20(28)25-26(21(15)29)13-4-2-1-3-5-13)10-17(23)19(16)32-18-7-6-14(11-24-18)27(30)31/h1-11H,(H,25,28)/b15-8-. The molecule has 1 aromatic heterocycles. The van der Waals surface area contributed by atoms with Crippen LogP contribution < -0.4 is 15.2 Å². The molecule has 0 aliphatic carbocycles. The van der Waals surface area contributed by atoms with Crippen LogP contribution in [-0.4, -0.2) is 21.7 Å². The molecule has 9 nitrogen and oxygen atoms in total. The highest BCUT2D eigenvalue weighted by Gasteiger charge is 2.34. The Hall–Kier alpha value is -3.76. The van der Waals surface area contributed by atoms with Crippen LogP contribution in [0, 0.1) is 10.1 Å². The van der Waals surface area contributed by atoms with Crippen molar-refractivity contribution in [3.63, 3.8) is 0 Å². The number of halogens is 2. The minimum absolute atomic E-state index is 0.0532. The highest BCUT2D eigenvalue weighted by atomic mass is 79.9. The molecule has 0 bridgehead atoms. The lowest BCUT2D eigenvalue weighted by atomic mass is 10.1. The molecule has 1 N–H and O–H groups in total. The number of nitrogens with one attached hydrogen (secondary N) is 1. The van der Waals surface area contributed by atoms with Crippen LogP contribution in [0.2, 0.25) is 5.02 Å². The molecule has 0 radical (unpaired) electrons. The Morgan fingerprint density at radius 3 is 2.53 bits per heavy atom. The Balaban J connectivity index is 1.59. The van der Waals surface area contributed by atoms with E-state index in [0.717, 1.165) is 6.20 Å². The Labute approximate surface area is 194 Å². The molecule has 32 heavy (non-hydrogen) atoms. The minimum Gasteiger partial charge on any atom is -0.436 e. The zero-order valence-electron chi connectivity index (χ0n) is 16.0. The van der Waals surface area contributed by atoms with Gasteiger partial charge in [-0.3, -0.25) is 25.1 Å². The summed E-state index contributed by atoms with van der Waals surface area (Å²) in [5, 5.41) is 12.1. The average Bonchev–Trinajstić information content (AvgIpc) is 3.05. The zero-order chi connectivity index (χ0) is 22.8. The van der Waals surface area contributed by atoms with Crippen LogP contribution in [0.1, 0.15) is 5.56 Å². The molecule has 1 fully saturated rings. The van der Waals surface area contributed by atoms with Crippen molar-refractivity contribution in [2.75, 3.05) is 5.01 Å². The van der Waals surface area contributed by atoms with E-state index in [1.165, 1.54) is 29.3 Å². The number of hydrogen-bond acceptors (Lipinski definition) is 6. The van der Waals surface area contributed by atoms with Crippen LogP contribution >= 0.6 is 27.5 Å². The molecule has 11 heteroatoms. The highest BCUT2D eigenvalue weighted by molar-refractivity contribution is 9.10. The molecular weight excluding hydrogens is 504 g/mol. The number of benzene rings is 2. The number of hydrazine groups is 1. The Bertz CT molecular complexity index is 1240. The van der Waals surface area contributed by atoms with E-state index >= 15 is 0 Å². The predicted octanol–water partition coefficient (Wildman–Crippen LogP) is 4.66. The molecule has 0 saturated carbocycles. The lowest BCUT2D eigenvalue weighted by molar-refractivity contribution is -0.385. The molecule has 1 aliphatic heterocycles. The quantitative estimate of drug-likeness (QED) is 0.229. The molecule has 0 unspecified atom stereocenters. The number of rotatable bonds is 5. The van der Waals surface area contributed by atoms with E-state index in [2.05, 4.69) is 26.3 Å². The number of carbonyl (C=O) groups excluding carboxylic acids is 2. The normalized spacial score (nSPS) is 14.6. The topological polar surface area (TPSA) is 115 Å². The van der Waals surface area contributed by atoms with Crippen molar-refractivity contribution < 1.29 is 19.2 Å². The summed E-state index contributed by atoms with van der Waals surface area (Å²) >= 11 is 9.68. The molecule has 2 heterocycles. The molecule has 1 aliphatic rings. The van der Waals surface area contributed by atoms with E-state index in [4.69, 9.17) is 16.3 Å². The number of carbonyl (C=O) groups is 2. The van der Waals surface area contributed by atoms with E-state index in [-0.39, 0.29) is 27.9 Å². The van der Waals surface area contributed by atoms with Gasteiger partial charge in [0.2, 0.25) is 5.88 Å². The first-order valence-corrected chi connectivity index (χ1v) is 10.2. The van der Waals surface area contributed by atoms with Gasteiger partial charge in [-0.15, -0.1) is 0 Å². The fourth-order valence-electron chi connectivity index (χ4n) is 2.89. The zero-order valence-corrected chi connectivity index (χ0v) is 18.3. The maximum atomic E-state index is 12.7. The monoisotopic (exact) mass is 514 g/mol. The minimum atomic E-state index is -0.568. The maximum absolute atomic E-state index is 12.7. The van der Waals surface area contributed by atoms with Gasteiger partial charge in [-0.1, -0.05) is 29.8 Å². The summed E-state index contributed by atoms with van der Waals surface area (Å²) in [6.45, 7) is 0. The molecule has 2 amide bonds. The number of anilines is 1. The fraction of sp³-hybridized carbons (Fsp3) is 0. The van der Waals surface area contributed by atoms with Gasteiger partial charge in [0.25, 0.3) is 17.5 Å². The lowest BCUT2D eigenvalue weighted by Gasteiger charge is -2.13. The van der Waals surface area contributed by atoms with Crippen LogP contribution in [0.15, 0.2) is 70.8 Å². The predicted molar refractivity (Wildman–Crippen MR) is 120 cm³/mol. The van der Waals surface area contributed by atoms with Crippen LogP contribution in [-0.2, 0) is 9.59 Å². The third-order valence-corrected chi connectivity index (χ3v) is 5.25. The molecule has 0 atom stereocenters. The van der Waals surface area contributed by atoms with E-state index in [1.54, 1.807) is 36.4 Å². The van der Waals surface area contributed by atoms with Gasteiger partial charge in [-0.2, -0.15) is 0 Å². The first-order valence-electron chi connectivity index (χ1n) is 9.03. The van der Waals surface area contributed by atoms with Crippen LogP contribution in [0.4, 0.5) is 11.4 Å². The van der Waals surface area contributed by atoms with E-state index in [9.17, 15) is 19.7 Å². The Morgan fingerprint density at radius 2 is 1.91 bits per heavy atom. The van der Waals surface area contributed by atoms with Crippen LogP contribution in [0.3, 0.4) is 0 Å². The summed E-state index contributed by atoms with van der Waals surface area (Å²) in [5.74, 6) is -0.707. The van der Waals surface area contributed by atoms with E-state index in [1.807, 2.05) is 0 Å². The average molecular weight is 516 g/mol. The summed E-state index contributed by atoms with van der Waals surface area (Å²) in [6, 6.07) is 14.5. The van der Waals surface area contributed by atoms with Gasteiger partial charge in [0, 0.05) is 12.1 Å². The van der Waals surface area contributed by atoms with Crippen molar-refractivity contribution in [2.45, 2.75) is 0 Å². The molecule has 1 saturated heterocycles. The second kappa shape index (κ2) is 8.77. The maximum Gasteiger partial charge on any atom is 0.287 e. The summed E-state index contributed by atoms with van der Waals surface area (Å²) in [6.07, 6.45) is 2.49. The van der Waals surface area contributed by atoms with Crippen molar-refractivity contribution in [1.82, 2.24) is 10.4 Å². The Morgan fingerprint density at radius 1 is 1.16 bits per heavy atom. The number of hydrogen-bond donors (Lipinski definition) is 1. The summed E-state index contributed by atoms with van der Waals surface area (Å²) in [4.78, 5) is 39.1. The second-order valence-corrected chi connectivity index (χ2v) is 7.76. The van der Waals surface area contributed by atoms with Gasteiger partial charge in [-0.05, 0) is 51.8 Å². The Kier molecular flexibility index (Phi) is 5.89. The largest absolute Gasteiger partial charge is 0.436 e. The first-order chi connectivity index (χ1) is 15.3. The molecular formula is C21H12BrClN4O5. The lowest BCUT2D eigenvalue weighted by Crippen LogP contribution is -2.35. The summed E-state index contributed by atoms with van der Waals surface area (Å²) in [5.41, 5.74) is 3.32. The van der Waals surface area contributed by atoms with Gasteiger partial charge < -0.3 is 4.74 Å². The van der Waals surface area contributed by atoms with Crippen molar-refractivity contribution in [3.8, 4) is 11.6 Å². The smallest absolute Gasteiger partial charge is 0.287 e. The summed E-state index contributed by atoms with van der Waals surface area (Å²) < 4.78 is 6.06. The van der Waals surface area contributed by atoms with E-state index < -0.39 is 16.7 Å². The molecule has 3 aromatic rings. The van der Waals surface area contributed by atoms with Gasteiger partial charge in [0.05, 0.1) is 20.1 Å². The van der Waals surface area contributed by atoms with Crippen molar-refractivity contribution in [2.24, 2.45) is 0 Å². The number of nitro groups is 1. The number of aromatic nitrogens is 1. The van der Waals surface area contributed by atoms with Crippen molar-refractivity contribution in [1.29, 1.82) is 0 Å². The molecule has 4 rings (SSSR count). The third-order valence-electron chi connectivity index (χ3n) is 4.38. The van der Waals surface area contributed by atoms with E-state index in [0.29, 0.717) is 15.7 Å². The number of para-hydroxylation sites is 1. The summed E-state index contributed by atoms with van der Waals surface area (Å²) in [7, 11) is 0. The van der Waals surface area contributed by atoms with Gasteiger partial charge in [0.1, 0.15) is 11.8 Å². The second-order valence-electron chi connectivity index (χ2n) is 6.50. The number of ether oxygens (including phenoxy) is 1. The van der Waals surface area contributed by atoms with Gasteiger partial charge >= 0.3 is 0 Å². The van der Waals surface area contributed by atoms with Crippen molar-refractivity contribution in [3.05, 3.63) is 91.5 Å². The molecule has 160 valence electrons. The number of amides is 2. The first kappa shape index (κ1) is 21.5. The van der Waals surface area contributed by atoms with Crippen molar-refractivity contribution >= 4 is 56.8 Å². The van der Waals surface area contributed by atoms with Crippen LogP contribution in [0.5, 0.6) is 11.6 Å². The van der Waals surface area contributed by atoms with Gasteiger partial charge in [0.15, 0.2) is 5.75 Å². The SMILES string of the molecule is O=C1NN(c2ccccc2)C(=O)/C1=C\c1cc(Cl)c(Oc2ccc([N+](=O)[O-])cn2)c(Br)c1. The van der Waals surface area contributed by atoms with Crippen LogP contribution in [0.25, 0.3) is 6.08 Å². The number of pyridine rings is 1. The number of nitrogens with zero attached hydrogens (tertiary/aromatic N) is 3. The fourth-order valence-corrected chi connectivity index (χ4v) is 3.83. The molecule has 2 aromatic carbocycles. The molecule has 0 spiro atoms. The third kappa shape index (κ3) is 4.32.